The molecule has 2 N–H and O–H groups in total. The summed E-state index contributed by atoms with van der Waals surface area (Å²) in [5.74, 6) is 1.14. The predicted octanol–water partition coefficient (Wildman–Crippen LogP) is 1.57. The summed E-state index contributed by atoms with van der Waals surface area (Å²) in [5, 5.41) is 4.24. The standard InChI is InChI=1S/C16H21N5O/c1-12-10-15(17)21(19-12)11-16(22)20-8-4-14(5-9-20)13-2-6-18-7-3-13/h2-3,6-7,10,14H,4-5,8-9,11,17H2,1H3. The molecule has 0 saturated carbocycles. The molecule has 0 aliphatic carbocycles. The molecule has 0 aromatic carbocycles. The van der Waals surface area contributed by atoms with E-state index in [1.165, 1.54) is 5.56 Å². The van der Waals surface area contributed by atoms with Crippen LogP contribution in [0.3, 0.4) is 0 Å². The van der Waals surface area contributed by atoms with Crippen LogP contribution in [0.4, 0.5) is 5.82 Å². The van der Waals surface area contributed by atoms with Crippen LogP contribution in [-0.2, 0) is 11.3 Å². The lowest BCUT2D eigenvalue weighted by Crippen LogP contribution is -2.40. The zero-order valence-electron chi connectivity index (χ0n) is 12.8. The fraction of sp³-hybridized carbons (Fsp3) is 0.438. The normalized spacial score (nSPS) is 16.0. The van der Waals surface area contributed by atoms with Crippen molar-refractivity contribution in [3.05, 3.63) is 41.9 Å². The largest absolute Gasteiger partial charge is 0.384 e. The zero-order chi connectivity index (χ0) is 15.5. The molecule has 0 radical (unpaired) electrons. The van der Waals surface area contributed by atoms with E-state index in [1.807, 2.05) is 24.2 Å². The molecule has 6 nitrogen and oxygen atoms in total. The van der Waals surface area contributed by atoms with Gasteiger partial charge in [0.05, 0.1) is 5.69 Å². The molecule has 1 fully saturated rings. The second-order valence-corrected chi connectivity index (χ2v) is 5.80. The number of amides is 1. The summed E-state index contributed by atoms with van der Waals surface area (Å²) in [7, 11) is 0. The SMILES string of the molecule is Cc1cc(N)n(CC(=O)N2CCC(c3ccncc3)CC2)n1. The quantitative estimate of drug-likeness (QED) is 0.933. The summed E-state index contributed by atoms with van der Waals surface area (Å²) in [4.78, 5) is 18.3. The third-order valence-corrected chi connectivity index (χ3v) is 4.24. The number of aryl methyl sites for hydroxylation is 1. The van der Waals surface area contributed by atoms with Crippen LogP contribution in [0, 0.1) is 6.92 Å². The van der Waals surface area contributed by atoms with Gasteiger partial charge in [0.2, 0.25) is 5.91 Å². The van der Waals surface area contributed by atoms with Crippen molar-refractivity contribution < 1.29 is 4.79 Å². The van der Waals surface area contributed by atoms with Gasteiger partial charge in [-0.1, -0.05) is 0 Å². The molecular weight excluding hydrogens is 278 g/mol. The highest BCUT2D eigenvalue weighted by Gasteiger charge is 2.24. The minimum absolute atomic E-state index is 0.0861. The maximum absolute atomic E-state index is 12.4. The van der Waals surface area contributed by atoms with Crippen LogP contribution in [-0.4, -0.2) is 38.7 Å². The van der Waals surface area contributed by atoms with Crippen molar-refractivity contribution in [3.8, 4) is 0 Å². The van der Waals surface area contributed by atoms with E-state index < -0.39 is 0 Å². The molecule has 1 aliphatic rings. The molecule has 1 saturated heterocycles. The first-order chi connectivity index (χ1) is 10.6. The van der Waals surface area contributed by atoms with Crippen molar-refractivity contribution in [2.45, 2.75) is 32.2 Å². The molecule has 0 atom stereocenters. The molecule has 0 spiro atoms. The van der Waals surface area contributed by atoms with Gasteiger partial charge in [-0.15, -0.1) is 0 Å². The zero-order valence-corrected chi connectivity index (χ0v) is 12.8. The number of nitrogens with zero attached hydrogens (tertiary/aromatic N) is 4. The van der Waals surface area contributed by atoms with Crippen LogP contribution in [0.15, 0.2) is 30.6 Å². The van der Waals surface area contributed by atoms with Gasteiger partial charge in [-0.05, 0) is 43.4 Å². The maximum Gasteiger partial charge on any atom is 0.244 e. The van der Waals surface area contributed by atoms with Crippen molar-refractivity contribution >= 4 is 11.7 Å². The topological polar surface area (TPSA) is 77.0 Å². The molecule has 3 heterocycles. The summed E-state index contributed by atoms with van der Waals surface area (Å²) in [6.07, 6.45) is 5.64. The lowest BCUT2D eigenvalue weighted by Gasteiger charge is -2.32. The summed E-state index contributed by atoms with van der Waals surface area (Å²) >= 11 is 0. The Morgan fingerprint density at radius 2 is 2.00 bits per heavy atom. The van der Waals surface area contributed by atoms with Gasteiger partial charge in [0, 0.05) is 31.5 Å². The van der Waals surface area contributed by atoms with E-state index in [-0.39, 0.29) is 12.5 Å². The number of nitrogens with two attached hydrogens (primary N) is 1. The number of pyridine rings is 1. The minimum Gasteiger partial charge on any atom is -0.384 e. The predicted molar refractivity (Wildman–Crippen MR) is 84.2 cm³/mol. The van der Waals surface area contributed by atoms with Crippen molar-refractivity contribution in [1.82, 2.24) is 19.7 Å². The van der Waals surface area contributed by atoms with Gasteiger partial charge >= 0.3 is 0 Å². The number of aromatic nitrogens is 3. The van der Waals surface area contributed by atoms with Crippen LogP contribution in [0.5, 0.6) is 0 Å². The van der Waals surface area contributed by atoms with Crippen molar-refractivity contribution in [1.29, 1.82) is 0 Å². The first-order valence-corrected chi connectivity index (χ1v) is 7.61. The third kappa shape index (κ3) is 3.10. The van der Waals surface area contributed by atoms with Crippen LogP contribution < -0.4 is 5.73 Å². The molecule has 0 bridgehead atoms. The Kier molecular flexibility index (Phi) is 4.09. The number of nitrogen functional groups attached to an aromatic ring is 1. The highest BCUT2D eigenvalue weighted by Crippen LogP contribution is 2.27. The van der Waals surface area contributed by atoms with E-state index in [4.69, 9.17) is 5.73 Å². The average Bonchev–Trinajstić information content (AvgIpc) is 2.86. The fourth-order valence-electron chi connectivity index (χ4n) is 3.02. The molecule has 3 rings (SSSR count). The van der Waals surface area contributed by atoms with Gasteiger partial charge in [-0.2, -0.15) is 5.10 Å². The third-order valence-electron chi connectivity index (χ3n) is 4.24. The van der Waals surface area contributed by atoms with E-state index in [9.17, 15) is 4.79 Å². The van der Waals surface area contributed by atoms with E-state index in [0.717, 1.165) is 31.6 Å². The number of rotatable bonds is 3. The average molecular weight is 299 g/mol. The molecule has 6 heteroatoms. The van der Waals surface area contributed by atoms with Gasteiger partial charge < -0.3 is 10.6 Å². The Morgan fingerprint density at radius 1 is 1.32 bits per heavy atom. The summed E-state index contributed by atoms with van der Waals surface area (Å²) < 4.78 is 1.58. The van der Waals surface area contributed by atoms with Crippen LogP contribution >= 0.6 is 0 Å². The Hall–Kier alpha value is -2.37. The Labute approximate surface area is 129 Å². The van der Waals surface area contributed by atoms with E-state index in [2.05, 4.69) is 22.2 Å². The van der Waals surface area contributed by atoms with Gasteiger partial charge in [-0.25, -0.2) is 4.68 Å². The molecule has 0 unspecified atom stereocenters. The lowest BCUT2D eigenvalue weighted by atomic mass is 9.90. The number of likely N-dealkylation sites (tertiary alicyclic amines) is 1. The smallest absolute Gasteiger partial charge is 0.244 e. The number of carbonyl (C=O) groups excluding carboxylic acids is 1. The molecule has 116 valence electrons. The Morgan fingerprint density at radius 3 is 2.59 bits per heavy atom. The number of anilines is 1. The van der Waals surface area contributed by atoms with E-state index in [0.29, 0.717) is 11.7 Å². The second-order valence-electron chi connectivity index (χ2n) is 5.80. The number of hydrogen-bond donors (Lipinski definition) is 1. The molecule has 2 aromatic rings. The monoisotopic (exact) mass is 299 g/mol. The second kappa shape index (κ2) is 6.17. The highest BCUT2D eigenvalue weighted by molar-refractivity contribution is 5.76. The Balaban J connectivity index is 1.57. The molecular formula is C16H21N5O. The van der Waals surface area contributed by atoms with Gasteiger partial charge in [0.25, 0.3) is 0 Å². The number of hydrogen-bond acceptors (Lipinski definition) is 4. The van der Waals surface area contributed by atoms with Crippen LogP contribution in [0.25, 0.3) is 0 Å². The van der Waals surface area contributed by atoms with Crippen molar-refractivity contribution in [3.63, 3.8) is 0 Å². The fourth-order valence-corrected chi connectivity index (χ4v) is 3.02. The highest BCUT2D eigenvalue weighted by atomic mass is 16.2. The maximum atomic E-state index is 12.4. The number of piperidine rings is 1. The minimum atomic E-state index is 0.0861. The van der Waals surface area contributed by atoms with Crippen molar-refractivity contribution in [2.75, 3.05) is 18.8 Å². The van der Waals surface area contributed by atoms with Gasteiger partial charge in [0.15, 0.2) is 0 Å². The molecule has 1 aliphatic heterocycles. The first-order valence-electron chi connectivity index (χ1n) is 7.61. The first kappa shape index (κ1) is 14.6. The molecule has 2 aromatic heterocycles. The summed E-state index contributed by atoms with van der Waals surface area (Å²) in [5.41, 5.74) is 7.99. The lowest BCUT2D eigenvalue weighted by molar-refractivity contribution is -0.133. The summed E-state index contributed by atoms with van der Waals surface area (Å²) in [6.45, 7) is 3.66. The molecule has 22 heavy (non-hydrogen) atoms. The van der Waals surface area contributed by atoms with E-state index in [1.54, 1.807) is 10.7 Å². The number of carbonyl (C=O) groups is 1. The van der Waals surface area contributed by atoms with E-state index >= 15 is 0 Å². The van der Waals surface area contributed by atoms with Crippen LogP contribution in [0.1, 0.15) is 30.0 Å². The van der Waals surface area contributed by atoms with Crippen molar-refractivity contribution in [2.24, 2.45) is 0 Å². The molecule has 1 amide bonds. The van der Waals surface area contributed by atoms with Crippen LogP contribution in [0.2, 0.25) is 0 Å². The van der Waals surface area contributed by atoms with Gasteiger partial charge in [-0.3, -0.25) is 9.78 Å². The van der Waals surface area contributed by atoms with Gasteiger partial charge in [0.1, 0.15) is 12.4 Å². The summed E-state index contributed by atoms with van der Waals surface area (Å²) in [6, 6.07) is 5.91. The Bertz CT molecular complexity index is 644.